The first-order chi connectivity index (χ1) is 16.9. The molecule has 0 bridgehead atoms. The summed E-state index contributed by atoms with van der Waals surface area (Å²) in [5.41, 5.74) is 1.21. The number of thiophene rings is 1. The number of nitro groups is 1. The molecule has 0 aliphatic heterocycles. The topological polar surface area (TPSA) is 124 Å². The van der Waals surface area contributed by atoms with Crippen LogP contribution >= 0.6 is 11.3 Å². The van der Waals surface area contributed by atoms with Crippen LogP contribution in [0.4, 0.5) is 17.1 Å². The predicted molar refractivity (Wildman–Crippen MR) is 134 cm³/mol. The van der Waals surface area contributed by atoms with E-state index in [4.69, 9.17) is 9.15 Å². The molecule has 0 saturated heterocycles. The van der Waals surface area contributed by atoms with Crippen LogP contribution in [0.2, 0.25) is 0 Å². The molecule has 2 N–H and O–H groups in total. The monoisotopic (exact) mass is 489 g/mol. The van der Waals surface area contributed by atoms with Crippen LogP contribution < -0.4 is 15.4 Å². The Bertz CT molecular complexity index is 1410. The molecule has 0 spiro atoms. The number of methoxy groups -OCH3 is 1. The summed E-state index contributed by atoms with van der Waals surface area (Å²) in [4.78, 5) is 36.0. The number of hydrogen-bond acceptors (Lipinski definition) is 7. The number of ether oxygens (including phenoxy) is 1. The Hall–Kier alpha value is -4.70. The van der Waals surface area contributed by atoms with E-state index in [1.165, 1.54) is 36.7 Å². The zero-order valence-corrected chi connectivity index (χ0v) is 19.2. The van der Waals surface area contributed by atoms with E-state index in [2.05, 4.69) is 10.6 Å². The Balaban J connectivity index is 1.42. The van der Waals surface area contributed by atoms with Crippen molar-refractivity contribution in [3.8, 4) is 17.1 Å². The summed E-state index contributed by atoms with van der Waals surface area (Å²) in [6.07, 6.45) is 2.74. The highest BCUT2D eigenvalue weighted by Gasteiger charge is 2.17. The van der Waals surface area contributed by atoms with Gasteiger partial charge in [-0.2, -0.15) is 0 Å². The van der Waals surface area contributed by atoms with Crippen molar-refractivity contribution in [2.75, 3.05) is 17.7 Å². The first-order valence-corrected chi connectivity index (χ1v) is 11.2. The number of hydrogen-bond donors (Lipinski definition) is 2. The lowest BCUT2D eigenvalue weighted by molar-refractivity contribution is -0.384. The number of amides is 2. The number of carbonyl (C=O) groups excluding carboxylic acids is 2. The Kier molecular flexibility index (Phi) is 7.03. The highest BCUT2D eigenvalue weighted by atomic mass is 32.1. The van der Waals surface area contributed by atoms with Gasteiger partial charge in [-0.15, -0.1) is 11.3 Å². The van der Waals surface area contributed by atoms with Crippen molar-refractivity contribution in [3.05, 3.63) is 98.9 Å². The first kappa shape index (κ1) is 23.5. The molecule has 2 aromatic carbocycles. The zero-order valence-electron chi connectivity index (χ0n) is 18.4. The van der Waals surface area contributed by atoms with Crippen molar-refractivity contribution in [1.82, 2.24) is 0 Å². The van der Waals surface area contributed by atoms with Crippen molar-refractivity contribution in [2.24, 2.45) is 0 Å². The number of nitro benzene ring substituents is 1. The van der Waals surface area contributed by atoms with Gasteiger partial charge in [-0.05, 0) is 47.9 Å². The maximum absolute atomic E-state index is 12.4. The van der Waals surface area contributed by atoms with E-state index in [0.717, 1.165) is 0 Å². The van der Waals surface area contributed by atoms with Crippen LogP contribution in [0.3, 0.4) is 0 Å². The van der Waals surface area contributed by atoms with E-state index in [1.54, 1.807) is 60.7 Å². The van der Waals surface area contributed by atoms with Crippen LogP contribution in [-0.2, 0) is 4.79 Å². The maximum atomic E-state index is 12.4. The van der Waals surface area contributed by atoms with E-state index in [9.17, 15) is 19.7 Å². The summed E-state index contributed by atoms with van der Waals surface area (Å²) in [5, 5.41) is 18.5. The molecule has 0 aliphatic carbocycles. The fraction of sp³-hybridized carbons (Fsp3) is 0.0400. The zero-order chi connectivity index (χ0) is 24.8. The van der Waals surface area contributed by atoms with Crippen molar-refractivity contribution >= 4 is 46.3 Å². The van der Waals surface area contributed by atoms with Crippen LogP contribution in [-0.4, -0.2) is 23.8 Å². The highest BCUT2D eigenvalue weighted by Crippen LogP contribution is 2.31. The van der Waals surface area contributed by atoms with Crippen LogP contribution in [0.25, 0.3) is 17.4 Å². The van der Waals surface area contributed by atoms with E-state index in [-0.39, 0.29) is 11.6 Å². The largest absolute Gasteiger partial charge is 0.494 e. The molecule has 0 saturated carbocycles. The normalized spacial score (nSPS) is 10.8. The molecule has 0 atom stereocenters. The molecule has 4 aromatic rings. The van der Waals surface area contributed by atoms with Crippen LogP contribution in [0, 0.1) is 10.1 Å². The quantitative estimate of drug-likeness (QED) is 0.182. The van der Waals surface area contributed by atoms with Gasteiger partial charge in [0.15, 0.2) is 0 Å². The molecule has 0 radical (unpaired) electrons. The first-order valence-electron chi connectivity index (χ1n) is 10.3. The van der Waals surface area contributed by atoms with Crippen molar-refractivity contribution in [2.45, 2.75) is 0 Å². The summed E-state index contributed by atoms with van der Waals surface area (Å²) in [7, 11) is 1.47. The fourth-order valence-electron chi connectivity index (χ4n) is 3.23. The van der Waals surface area contributed by atoms with Gasteiger partial charge in [-0.25, -0.2) is 0 Å². The minimum atomic E-state index is -0.478. The van der Waals surface area contributed by atoms with Crippen molar-refractivity contribution in [3.63, 3.8) is 0 Å². The lowest BCUT2D eigenvalue weighted by atomic mass is 10.1. The number of anilines is 2. The van der Waals surface area contributed by atoms with E-state index < -0.39 is 10.8 Å². The number of nitrogens with one attached hydrogen (secondary N) is 2. The molecule has 0 aliphatic rings. The number of rotatable bonds is 8. The molecule has 2 amide bonds. The molecular formula is C25H19N3O6S. The Morgan fingerprint density at radius 2 is 1.89 bits per heavy atom. The minimum Gasteiger partial charge on any atom is -0.494 e. The molecule has 2 heterocycles. The second-order valence-corrected chi connectivity index (χ2v) is 8.09. The van der Waals surface area contributed by atoms with Gasteiger partial charge in [0.25, 0.3) is 11.6 Å². The molecule has 35 heavy (non-hydrogen) atoms. The third kappa shape index (κ3) is 5.63. The van der Waals surface area contributed by atoms with Gasteiger partial charge in [-0.3, -0.25) is 19.7 Å². The molecule has 0 unspecified atom stereocenters. The van der Waals surface area contributed by atoms with Crippen LogP contribution in [0.15, 0.2) is 82.6 Å². The van der Waals surface area contributed by atoms with Gasteiger partial charge in [0.1, 0.15) is 17.3 Å². The molecule has 176 valence electrons. The predicted octanol–water partition coefficient (Wildman–Crippen LogP) is 5.83. The van der Waals surface area contributed by atoms with E-state index in [1.807, 2.05) is 5.38 Å². The van der Waals surface area contributed by atoms with Crippen molar-refractivity contribution < 1.29 is 23.7 Å². The van der Waals surface area contributed by atoms with Gasteiger partial charge < -0.3 is 19.8 Å². The summed E-state index contributed by atoms with van der Waals surface area (Å²) in [6.45, 7) is 0. The molecule has 0 fully saturated rings. The van der Waals surface area contributed by atoms with Gasteiger partial charge in [0.2, 0.25) is 5.91 Å². The number of carbonyl (C=O) groups is 2. The smallest absolute Gasteiger partial charge is 0.280 e. The van der Waals surface area contributed by atoms with E-state index >= 15 is 0 Å². The third-order valence-corrected chi connectivity index (χ3v) is 5.72. The van der Waals surface area contributed by atoms with Crippen LogP contribution in [0.1, 0.15) is 15.4 Å². The second-order valence-electron chi connectivity index (χ2n) is 7.15. The Labute approximate surface area is 203 Å². The Morgan fingerprint density at radius 1 is 1.06 bits per heavy atom. The number of nitrogens with zero attached hydrogens (tertiary/aromatic N) is 1. The summed E-state index contributed by atoms with van der Waals surface area (Å²) >= 11 is 1.33. The SMILES string of the molecule is COc1cc(NC(=O)/C=C/c2ccc(-c3ccccc3[N+](=O)[O-])o2)ccc1NC(=O)c1cccs1. The minimum absolute atomic E-state index is 0.0703. The lowest BCUT2D eigenvalue weighted by Gasteiger charge is -2.11. The molecular weight excluding hydrogens is 470 g/mol. The Morgan fingerprint density at radius 3 is 2.63 bits per heavy atom. The van der Waals surface area contributed by atoms with Gasteiger partial charge >= 0.3 is 0 Å². The van der Waals surface area contributed by atoms with Crippen molar-refractivity contribution in [1.29, 1.82) is 0 Å². The lowest BCUT2D eigenvalue weighted by Crippen LogP contribution is -2.12. The number of benzene rings is 2. The molecule has 10 heteroatoms. The average molecular weight is 490 g/mol. The number of furan rings is 1. The molecule has 4 rings (SSSR count). The van der Waals surface area contributed by atoms with Crippen LogP contribution in [0.5, 0.6) is 5.75 Å². The molecule has 9 nitrogen and oxygen atoms in total. The average Bonchev–Trinajstić information content (AvgIpc) is 3.56. The summed E-state index contributed by atoms with van der Waals surface area (Å²) in [6, 6.07) is 17.8. The maximum Gasteiger partial charge on any atom is 0.280 e. The third-order valence-electron chi connectivity index (χ3n) is 4.85. The van der Waals surface area contributed by atoms with Gasteiger partial charge in [-0.1, -0.05) is 18.2 Å². The summed E-state index contributed by atoms with van der Waals surface area (Å²) in [5.74, 6) is 0.388. The molecule has 2 aromatic heterocycles. The van der Waals surface area contributed by atoms with E-state index in [0.29, 0.717) is 39.1 Å². The second kappa shape index (κ2) is 10.5. The summed E-state index contributed by atoms with van der Waals surface area (Å²) < 4.78 is 11.0. The highest BCUT2D eigenvalue weighted by molar-refractivity contribution is 7.12. The fourth-order valence-corrected chi connectivity index (χ4v) is 3.85. The standard InChI is InChI=1S/C25H19N3O6S/c1-33-22-15-16(8-11-19(22)27-25(30)23-7-4-14-35-23)26-24(29)13-10-17-9-12-21(34-17)18-5-2-3-6-20(18)28(31)32/h2-15H,1H3,(H,26,29)(H,27,30)/b13-10+. The number of para-hydroxylation sites is 1. The van der Waals surface area contributed by atoms with Gasteiger partial charge in [0, 0.05) is 23.9 Å². The van der Waals surface area contributed by atoms with Gasteiger partial charge in [0.05, 0.1) is 28.2 Å².